The van der Waals surface area contributed by atoms with E-state index in [1.807, 2.05) is 24.3 Å². The summed E-state index contributed by atoms with van der Waals surface area (Å²) in [5.74, 6) is 0.732. The monoisotopic (exact) mass is 360 g/mol. The zero-order valence-corrected chi connectivity index (χ0v) is 16.0. The van der Waals surface area contributed by atoms with Gasteiger partial charge in [-0.25, -0.2) is 0 Å². The first-order valence-electron chi connectivity index (χ1n) is 7.94. The average Bonchev–Trinajstić information content (AvgIpc) is 2.59. The van der Waals surface area contributed by atoms with E-state index in [1.54, 1.807) is 38.3 Å². The summed E-state index contributed by atoms with van der Waals surface area (Å²) in [6.45, 7) is 7.98. The van der Waals surface area contributed by atoms with Crippen molar-refractivity contribution < 1.29 is 13.2 Å². The maximum absolute atomic E-state index is 12.4. The molecule has 2 aromatic rings. The highest BCUT2D eigenvalue weighted by atomic mass is 32.2. The number of methoxy groups -OCH3 is 1. The molecular weight excluding hydrogens is 336 g/mol. The number of ether oxygens (including phenoxy) is 1. The minimum absolute atomic E-state index is 0.0289. The zero-order valence-electron chi connectivity index (χ0n) is 15.2. The molecule has 0 saturated heterocycles. The Morgan fingerprint density at radius 3 is 2.04 bits per heavy atom. The molecule has 0 radical (unpaired) electrons. The second-order valence-corrected chi connectivity index (χ2v) is 8.46. The summed E-state index contributed by atoms with van der Waals surface area (Å²) in [4.78, 5) is 2.48. The summed E-state index contributed by atoms with van der Waals surface area (Å²) in [6.07, 6.45) is 0. The molecule has 0 aliphatic heterocycles. The van der Waals surface area contributed by atoms with E-state index in [0.29, 0.717) is 5.71 Å². The first-order valence-corrected chi connectivity index (χ1v) is 9.43. The topological polar surface area (TPSA) is 67.8 Å². The van der Waals surface area contributed by atoms with E-state index < -0.39 is 10.0 Å². The van der Waals surface area contributed by atoms with Gasteiger partial charge in [-0.2, -0.15) is 18.4 Å². The van der Waals surface area contributed by atoms with Gasteiger partial charge in [-0.05, 0) is 59.9 Å². The lowest BCUT2D eigenvalue weighted by Crippen LogP contribution is -2.20. The summed E-state index contributed by atoms with van der Waals surface area (Å²) in [7, 11) is -2.11. The van der Waals surface area contributed by atoms with Crippen LogP contribution in [0.1, 0.15) is 38.8 Å². The van der Waals surface area contributed by atoms with Crippen LogP contribution < -0.4 is 9.57 Å². The summed E-state index contributed by atoms with van der Waals surface area (Å²) < 4.78 is 29.9. The van der Waals surface area contributed by atoms with E-state index >= 15 is 0 Å². The molecule has 0 atom stereocenters. The summed E-state index contributed by atoms with van der Waals surface area (Å²) in [6, 6.07) is 14.1. The fourth-order valence-electron chi connectivity index (χ4n) is 2.21. The molecule has 6 heteroatoms. The van der Waals surface area contributed by atoms with Crippen molar-refractivity contribution in [3.8, 4) is 5.75 Å². The van der Waals surface area contributed by atoms with E-state index in [1.165, 1.54) is 0 Å². The molecule has 25 heavy (non-hydrogen) atoms. The van der Waals surface area contributed by atoms with E-state index in [0.717, 1.165) is 16.9 Å². The summed E-state index contributed by atoms with van der Waals surface area (Å²) in [5.41, 5.74) is 2.42. The second kappa shape index (κ2) is 7.27. The number of hydrogen-bond acceptors (Lipinski definition) is 4. The Hall–Kier alpha value is -2.34. The smallest absolute Gasteiger partial charge is 0.276 e. The molecule has 134 valence electrons. The van der Waals surface area contributed by atoms with Gasteiger partial charge in [0, 0.05) is 0 Å². The Morgan fingerprint density at radius 2 is 1.56 bits per heavy atom. The van der Waals surface area contributed by atoms with Crippen LogP contribution >= 0.6 is 0 Å². The zero-order chi connectivity index (χ0) is 18.7. The van der Waals surface area contributed by atoms with Crippen LogP contribution in [0.4, 0.5) is 0 Å². The van der Waals surface area contributed by atoms with Crippen LogP contribution in [0.2, 0.25) is 0 Å². The molecule has 1 N–H and O–H groups in total. The molecule has 0 spiro atoms. The van der Waals surface area contributed by atoms with Crippen molar-refractivity contribution in [2.75, 3.05) is 7.11 Å². The Bertz CT molecular complexity index is 847. The predicted molar refractivity (Wildman–Crippen MR) is 101 cm³/mol. The Kier molecular flexibility index (Phi) is 5.52. The molecule has 0 fully saturated rings. The highest BCUT2D eigenvalue weighted by Crippen LogP contribution is 2.23. The molecule has 0 aliphatic rings. The van der Waals surface area contributed by atoms with Gasteiger partial charge in [-0.1, -0.05) is 32.9 Å². The lowest BCUT2D eigenvalue weighted by Gasteiger charge is -2.19. The normalized spacial score (nSPS) is 12.8. The Balaban J connectivity index is 2.17. The molecule has 5 nitrogen and oxygen atoms in total. The molecule has 0 bridgehead atoms. The first-order chi connectivity index (χ1) is 11.6. The van der Waals surface area contributed by atoms with Crippen LogP contribution in [0.25, 0.3) is 0 Å². The Morgan fingerprint density at radius 1 is 1.00 bits per heavy atom. The van der Waals surface area contributed by atoms with E-state index in [4.69, 9.17) is 4.74 Å². The molecule has 0 saturated carbocycles. The fourth-order valence-corrected chi connectivity index (χ4v) is 3.07. The van der Waals surface area contributed by atoms with Crippen molar-refractivity contribution >= 4 is 15.7 Å². The quantitative estimate of drug-likeness (QED) is 0.653. The highest BCUT2D eigenvalue weighted by molar-refractivity contribution is 7.89. The van der Waals surface area contributed by atoms with Gasteiger partial charge in [0.05, 0.1) is 17.7 Å². The average molecular weight is 360 g/mol. The first kappa shape index (κ1) is 19.0. The maximum atomic E-state index is 12.4. The van der Waals surface area contributed by atoms with Gasteiger partial charge in [0.1, 0.15) is 5.75 Å². The van der Waals surface area contributed by atoms with Crippen LogP contribution in [-0.2, 0) is 15.4 Å². The van der Waals surface area contributed by atoms with Crippen LogP contribution in [0, 0.1) is 0 Å². The lowest BCUT2D eigenvalue weighted by molar-refractivity contribution is 0.415. The van der Waals surface area contributed by atoms with Gasteiger partial charge >= 0.3 is 0 Å². The van der Waals surface area contributed by atoms with Crippen LogP contribution in [0.3, 0.4) is 0 Å². The largest absolute Gasteiger partial charge is 0.497 e. The number of rotatable bonds is 5. The molecule has 0 heterocycles. The Labute approximate surface area is 149 Å². The van der Waals surface area contributed by atoms with Crippen molar-refractivity contribution in [3.05, 3.63) is 59.7 Å². The molecule has 0 aliphatic carbocycles. The molecule has 2 aromatic carbocycles. The number of hydrazone groups is 1. The van der Waals surface area contributed by atoms with Gasteiger partial charge in [-0.3, -0.25) is 0 Å². The van der Waals surface area contributed by atoms with E-state index in [9.17, 15) is 8.42 Å². The number of hydrogen-bond donors (Lipinski definition) is 1. The number of nitrogens with one attached hydrogen (secondary N) is 1. The van der Waals surface area contributed by atoms with Gasteiger partial charge in [-0.15, -0.1) is 0 Å². The second-order valence-electron chi connectivity index (χ2n) is 6.79. The summed E-state index contributed by atoms with van der Waals surface area (Å²) in [5, 5.41) is 4.01. The SMILES string of the molecule is COc1ccc(/C(C)=N/NS(=O)(=O)c2ccc(C(C)(C)C)cc2)cc1. The standard InChI is InChI=1S/C19H24N2O3S/c1-14(15-6-10-17(24-5)11-7-15)20-21-25(22,23)18-12-8-16(9-13-18)19(2,3)4/h6-13,21H,1-5H3/b20-14+. The third-order valence-electron chi connectivity index (χ3n) is 3.87. The molecular formula is C19H24N2O3S. The van der Waals surface area contributed by atoms with Crippen LogP contribution in [-0.4, -0.2) is 21.2 Å². The fraction of sp³-hybridized carbons (Fsp3) is 0.316. The third kappa shape index (κ3) is 4.82. The van der Waals surface area contributed by atoms with Crippen LogP contribution in [0.5, 0.6) is 5.75 Å². The van der Waals surface area contributed by atoms with Gasteiger partial charge in [0.15, 0.2) is 0 Å². The van der Waals surface area contributed by atoms with Gasteiger partial charge in [0.25, 0.3) is 10.0 Å². The minimum atomic E-state index is -3.70. The highest BCUT2D eigenvalue weighted by Gasteiger charge is 2.17. The van der Waals surface area contributed by atoms with Crippen molar-refractivity contribution in [1.82, 2.24) is 4.83 Å². The van der Waals surface area contributed by atoms with Gasteiger partial charge in [0.2, 0.25) is 0 Å². The van der Waals surface area contributed by atoms with Gasteiger partial charge < -0.3 is 4.74 Å². The predicted octanol–water partition coefficient (Wildman–Crippen LogP) is 3.70. The molecule has 0 aromatic heterocycles. The van der Waals surface area contributed by atoms with Crippen LogP contribution in [0.15, 0.2) is 58.5 Å². The van der Waals surface area contributed by atoms with E-state index in [2.05, 4.69) is 30.7 Å². The molecule has 2 rings (SSSR count). The third-order valence-corrected chi connectivity index (χ3v) is 5.10. The number of sulfonamides is 1. The number of nitrogens with zero attached hydrogens (tertiary/aromatic N) is 1. The molecule has 0 unspecified atom stereocenters. The van der Waals surface area contributed by atoms with Crippen molar-refractivity contribution in [3.63, 3.8) is 0 Å². The maximum Gasteiger partial charge on any atom is 0.276 e. The van der Waals surface area contributed by atoms with E-state index in [-0.39, 0.29) is 10.3 Å². The van der Waals surface area contributed by atoms with Crippen molar-refractivity contribution in [2.45, 2.75) is 38.0 Å². The number of benzene rings is 2. The molecule has 0 amide bonds. The van der Waals surface area contributed by atoms with Crippen molar-refractivity contribution in [1.29, 1.82) is 0 Å². The summed E-state index contributed by atoms with van der Waals surface area (Å²) >= 11 is 0. The minimum Gasteiger partial charge on any atom is -0.497 e. The lowest BCUT2D eigenvalue weighted by atomic mass is 9.87. The van der Waals surface area contributed by atoms with Crippen molar-refractivity contribution in [2.24, 2.45) is 5.10 Å².